The number of nitrogens with zero attached hydrogens (tertiary/aromatic N) is 1. The number of hydrogen-bond donors (Lipinski definition) is 1. The van der Waals surface area contributed by atoms with Gasteiger partial charge >= 0.3 is 0 Å². The molecule has 1 aromatic heterocycles. The van der Waals surface area contributed by atoms with Crippen molar-refractivity contribution in [3.05, 3.63) is 66.0 Å². The summed E-state index contributed by atoms with van der Waals surface area (Å²) in [4.78, 5) is 4.60. The number of fused-ring (bicyclic) bond motifs is 1. The van der Waals surface area contributed by atoms with Crippen LogP contribution in [-0.2, 0) is 12.0 Å². The highest BCUT2D eigenvalue weighted by molar-refractivity contribution is 5.97. The minimum absolute atomic E-state index is 0.114. The maximum absolute atomic E-state index is 5.90. The van der Waals surface area contributed by atoms with Crippen LogP contribution in [0.1, 0.15) is 32.0 Å². The maximum atomic E-state index is 5.90. The van der Waals surface area contributed by atoms with Gasteiger partial charge in [0.05, 0.1) is 5.69 Å². The Balaban J connectivity index is 2.29. The molecular weight excluding hydrogens is 268 g/mol. The van der Waals surface area contributed by atoms with Crippen LogP contribution in [-0.4, -0.2) is 4.98 Å². The van der Waals surface area contributed by atoms with Gasteiger partial charge in [-0.3, -0.25) is 4.98 Å². The zero-order chi connectivity index (χ0) is 15.7. The maximum Gasteiger partial charge on any atom is 0.0618 e. The molecule has 0 saturated carbocycles. The van der Waals surface area contributed by atoms with Gasteiger partial charge in [-0.25, -0.2) is 0 Å². The molecule has 0 fully saturated rings. The van der Waals surface area contributed by atoms with Crippen LogP contribution in [0.3, 0.4) is 0 Å². The van der Waals surface area contributed by atoms with Crippen LogP contribution in [0.5, 0.6) is 0 Å². The molecule has 0 amide bonds. The number of benzene rings is 2. The van der Waals surface area contributed by atoms with Crippen molar-refractivity contribution in [1.82, 2.24) is 4.98 Å². The van der Waals surface area contributed by atoms with Crippen molar-refractivity contribution >= 4 is 10.8 Å². The van der Waals surface area contributed by atoms with Crippen molar-refractivity contribution in [1.29, 1.82) is 0 Å². The molecule has 0 aliphatic carbocycles. The van der Waals surface area contributed by atoms with E-state index in [1.165, 1.54) is 16.5 Å². The third kappa shape index (κ3) is 2.62. The summed E-state index contributed by atoms with van der Waals surface area (Å²) in [7, 11) is 0. The summed E-state index contributed by atoms with van der Waals surface area (Å²) in [6, 6.07) is 17.1. The van der Waals surface area contributed by atoms with Gasteiger partial charge in [-0.05, 0) is 28.0 Å². The van der Waals surface area contributed by atoms with Gasteiger partial charge in [0, 0.05) is 23.7 Å². The fourth-order valence-corrected chi connectivity index (χ4v) is 2.78. The van der Waals surface area contributed by atoms with Gasteiger partial charge in [-0.1, -0.05) is 63.2 Å². The van der Waals surface area contributed by atoms with E-state index in [0.717, 1.165) is 16.6 Å². The van der Waals surface area contributed by atoms with Crippen LogP contribution in [0.25, 0.3) is 21.9 Å². The summed E-state index contributed by atoms with van der Waals surface area (Å²) in [5, 5.41) is 2.38. The monoisotopic (exact) mass is 290 g/mol. The van der Waals surface area contributed by atoms with Crippen molar-refractivity contribution in [2.24, 2.45) is 5.73 Å². The smallest absolute Gasteiger partial charge is 0.0618 e. The Morgan fingerprint density at radius 3 is 2.32 bits per heavy atom. The molecule has 2 nitrogen and oxygen atoms in total. The summed E-state index contributed by atoms with van der Waals surface area (Å²) in [6.45, 7) is 7.14. The molecule has 0 atom stereocenters. The largest absolute Gasteiger partial charge is 0.325 e. The fraction of sp³-hybridized carbons (Fsp3) is 0.250. The molecule has 112 valence electrons. The molecule has 2 aromatic carbocycles. The molecule has 2 N–H and O–H groups in total. The second kappa shape index (κ2) is 5.54. The number of pyridine rings is 1. The molecule has 0 spiro atoms. The summed E-state index contributed by atoms with van der Waals surface area (Å²) >= 11 is 0. The second-order valence-electron chi connectivity index (χ2n) is 6.70. The van der Waals surface area contributed by atoms with Gasteiger partial charge in [-0.15, -0.1) is 0 Å². The van der Waals surface area contributed by atoms with E-state index in [1.54, 1.807) is 0 Å². The zero-order valence-electron chi connectivity index (χ0n) is 13.4. The lowest BCUT2D eigenvalue weighted by Crippen LogP contribution is -2.11. The van der Waals surface area contributed by atoms with E-state index in [9.17, 15) is 0 Å². The summed E-state index contributed by atoms with van der Waals surface area (Å²) in [6.07, 6.45) is 1.94. The van der Waals surface area contributed by atoms with E-state index >= 15 is 0 Å². The molecule has 0 aliphatic heterocycles. The lowest BCUT2D eigenvalue weighted by Gasteiger charge is -2.20. The number of hydrogen-bond acceptors (Lipinski definition) is 2. The van der Waals surface area contributed by atoms with Crippen molar-refractivity contribution in [3.63, 3.8) is 0 Å². The Kier molecular flexibility index (Phi) is 3.71. The first kappa shape index (κ1) is 14.7. The predicted molar refractivity (Wildman–Crippen MR) is 93.8 cm³/mol. The fourth-order valence-electron chi connectivity index (χ4n) is 2.78. The zero-order valence-corrected chi connectivity index (χ0v) is 13.4. The predicted octanol–water partition coefficient (Wildman–Crippen LogP) is 4.66. The van der Waals surface area contributed by atoms with Crippen LogP contribution in [0.2, 0.25) is 0 Å². The van der Waals surface area contributed by atoms with Crippen LogP contribution >= 0.6 is 0 Å². The minimum Gasteiger partial charge on any atom is -0.325 e. The highest BCUT2D eigenvalue weighted by atomic mass is 14.7. The lowest BCUT2D eigenvalue weighted by molar-refractivity contribution is 0.591. The molecule has 0 bridgehead atoms. The van der Waals surface area contributed by atoms with Gasteiger partial charge < -0.3 is 5.73 Å². The third-order valence-corrected chi connectivity index (χ3v) is 4.11. The summed E-state index contributed by atoms with van der Waals surface area (Å²) in [5.74, 6) is 0. The number of rotatable bonds is 2. The highest BCUT2D eigenvalue weighted by Gasteiger charge is 2.16. The van der Waals surface area contributed by atoms with Crippen LogP contribution in [0.15, 0.2) is 54.7 Å². The van der Waals surface area contributed by atoms with Crippen LogP contribution in [0, 0.1) is 0 Å². The van der Waals surface area contributed by atoms with E-state index in [2.05, 4.69) is 68.2 Å². The average Bonchev–Trinajstić information content (AvgIpc) is 2.53. The molecule has 3 rings (SSSR count). The van der Waals surface area contributed by atoms with Gasteiger partial charge in [-0.2, -0.15) is 0 Å². The molecule has 3 aromatic rings. The molecule has 0 unspecified atom stereocenters. The van der Waals surface area contributed by atoms with Gasteiger partial charge in [0.2, 0.25) is 0 Å². The lowest BCUT2D eigenvalue weighted by atomic mass is 9.85. The second-order valence-corrected chi connectivity index (χ2v) is 6.70. The highest BCUT2D eigenvalue weighted by Crippen LogP contribution is 2.33. The van der Waals surface area contributed by atoms with E-state index < -0.39 is 0 Å². The SMILES string of the molecule is CC(C)(C)c1ccc2c(-c3ccccc3)cnc(CN)c2c1. The van der Waals surface area contributed by atoms with Crippen LogP contribution < -0.4 is 5.73 Å². The normalized spacial score (nSPS) is 11.8. The summed E-state index contributed by atoms with van der Waals surface area (Å²) < 4.78 is 0. The van der Waals surface area contributed by atoms with E-state index in [1.807, 2.05) is 12.3 Å². The van der Waals surface area contributed by atoms with Crippen LogP contribution in [0.4, 0.5) is 0 Å². The van der Waals surface area contributed by atoms with Gasteiger partial charge in [0.25, 0.3) is 0 Å². The Labute approximate surface area is 132 Å². The summed E-state index contributed by atoms with van der Waals surface area (Å²) in [5.41, 5.74) is 10.6. The first-order chi connectivity index (χ1) is 10.5. The van der Waals surface area contributed by atoms with Crippen molar-refractivity contribution in [2.75, 3.05) is 0 Å². The first-order valence-corrected chi connectivity index (χ1v) is 7.68. The van der Waals surface area contributed by atoms with Crippen molar-refractivity contribution < 1.29 is 0 Å². The van der Waals surface area contributed by atoms with Gasteiger partial charge in [0.15, 0.2) is 0 Å². The minimum atomic E-state index is 0.114. The van der Waals surface area contributed by atoms with Gasteiger partial charge in [0.1, 0.15) is 0 Å². The third-order valence-electron chi connectivity index (χ3n) is 4.11. The number of nitrogens with two attached hydrogens (primary N) is 1. The molecule has 2 heteroatoms. The standard InChI is InChI=1S/C20H22N2/c1-20(2,3)15-9-10-16-17(11-15)19(12-21)22-13-18(16)14-7-5-4-6-8-14/h4-11,13H,12,21H2,1-3H3. The molecule has 22 heavy (non-hydrogen) atoms. The quantitative estimate of drug-likeness (QED) is 0.745. The van der Waals surface area contributed by atoms with Crippen molar-refractivity contribution in [3.8, 4) is 11.1 Å². The average molecular weight is 290 g/mol. The van der Waals surface area contributed by atoms with E-state index in [-0.39, 0.29) is 5.41 Å². The Bertz CT molecular complexity index is 799. The molecule has 0 radical (unpaired) electrons. The molecule has 0 saturated heterocycles. The Morgan fingerprint density at radius 1 is 0.955 bits per heavy atom. The van der Waals surface area contributed by atoms with Crippen molar-refractivity contribution in [2.45, 2.75) is 32.7 Å². The Hall–Kier alpha value is -2.19. The number of aromatic nitrogens is 1. The molecule has 0 aliphatic rings. The Morgan fingerprint density at radius 2 is 1.68 bits per heavy atom. The first-order valence-electron chi connectivity index (χ1n) is 7.68. The van der Waals surface area contributed by atoms with E-state index in [0.29, 0.717) is 6.54 Å². The van der Waals surface area contributed by atoms with E-state index in [4.69, 9.17) is 5.73 Å². The molecule has 1 heterocycles. The topological polar surface area (TPSA) is 38.9 Å². The molecular formula is C20H22N2.